The molecule has 0 aromatic heterocycles. The average Bonchev–Trinajstić information content (AvgIpc) is 2.75. The first-order valence-corrected chi connectivity index (χ1v) is 13.9. The summed E-state index contributed by atoms with van der Waals surface area (Å²) in [6, 6.07) is 9.37. The molecule has 2 atom stereocenters. The number of amides is 2. The number of nitrogens with zero attached hydrogens (tertiary/aromatic N) is 2. The van der Waals surface area contributed by atoms with E-state index in [0.29, 0.717) is 21.3 Å². The van der Waals surface area contributed by atoms with Crippen molar-refractivity contribution in [1.29, 1.82) is 0 Å². The van der Waals surface area contributed by atoms with Crippen molar-refractivity contribution < 1.29 is 18.0 Å². The number of benzene rings is 2. The fourth-order valence-corrected chi connectivity index (χ4v) is 4.75. The van der Waals surface area contributed by atoms with Crippen LogP contribution in [0.25, 0.3) is 0 Å². The van der Waals surface area contributed by atoms with Gasteiger partial charge in [-0.1, -0.05) is 42.3 Å². The van der Waals surface area contributed by atoms with Crippen LogP contribution in [0.2, 0.25) is 10.0 Å². The van der Waals surface area contributed by atoms with E-state index >= 15 is 0 Å². The van der Waals surface area contributed by atoms with Crippen molar-refractivity contribution in [2.45, 2.75) is 59.7 Å². The molecule has 0 fully saturated rings. The highest BCUT2D eigenvalue weighted by Crippen LogP contribution is 2.25. The third kappa shape index (κ3) is 8.12. The van der Waals surface area contributed by atoms with Gasteiger partial charge in [0.2, 0.25) is 21.8 Å². The molecular weight excluding hydrogens is 509 g/mol. The summed E-state index contributed by atoms with van der Waals surface area (Å²) in [7, 11) is -3.79. The third-order valence-corrected chi connectivity index (χ3v) is 7.56. The Bertz CT molecular complexity index is 1170. The second-order valence-corrected chi connectivity index (χ2v) is 11.6. The first kappa shape index (κ1) is 28.9. The van der Waals surface area contributed by atoms with Crippen molar-refractivity contribution in [3.63, 3.8) is 0 Å². The molecule has 192 valence electrons. The molecule has 2 aromatic carbocycles. The molecule has 0 bridgehead atoms. The molecule has 0 unspecified atom stereocenters. The predicted octanol–water partition coefficient (Wildman–Crippen LogP) is 4.71. The first-order valence-electron chi connectivity index (χ1n) is 11.3. The highest BCUT2D eigenvalue weighted by Gasteiger charge is 2.30. The number of carbonyl (C=O) groups is 2. The Hall–Kier alpha value is -2.29. The van der Waals surface area contributed by atoms with Gasteiger partial charge < -0.3 is 10.2 Å². The van der Waals surface area contributed by atoms with Gasteiger partial charge in [-0.3, -0.25) is 13.9 Å². The number of hydrogen-bond acceptors (Lipinski definition) is 4. The molecule has 10 heteroatoms. The normalized spacial score (nSPS) is 13.1. The van der Waals surface area contributed by atoms with Gasteiger partial charge in [0, 0.05) is 12.6 Å². The summed E-state index contributed by atoms with van der Waals surface area (Å²) in [5, 5.41) is 3.58. The zero-order chi connectivity index (χ0) is 26.5. The Labute approximate surface area is 218 Å². The molecule has 0 saturated heterocycles. The number of carbonyl (C=O) groups excluding carboxylic acids is 2. The molecule has 1 N–H and O–H groups in total. The maximum atomic E-state index is 13.6. The molecule has 0 heterocycles. The second kappa shape index (κ2) is 12.1. The van der Waals surface area contributed by atoms with Crippen LogP contribution in [-0.4, -0.2) is 50.0 Å². The lowest BCUT2D eigenvalue weighted by molar-refractivity contribution is -0.139. The molecule has 0 saturated carbocycles. The number of anilines is 1. The fraction of sp³-hybridized carbons (Fsp3) is 0.440. The Morgan fingerprint density at radius 2 is 1.60 bits per heavy atom. The molecule has 0 aliphatic heterocycles. The molecule has 2 aromatic rings. The molecule has 0 radical (unpaired) electrons. The lowest BCUT2D eigenvalue weighted by Crippen LogP contribution is -2.52. The van der Waals surface area contributed by atoms with Gasteiger partial charge in [0.1, 0.15) is 12.6 Å². The summed E-state index contributed by atoms with van der Waals surface area (Å²) in [6.45, 7) is 8.75. The Morgan fingerprint density at radius 3 is 2.11 bits per heavy atom. The van der Waals surface area contributed by atoms with Crippen LogP contribution in [-0.2, 0) is 26.2 Å². The van der Waals surface area contributed by atoms with E-state index in [1.807, 2.05) is 33.8 Å². The summed E-state index contributed by atoms with van der Waals surface area (Å²) in [4.78, 5) is 27.9. The van der Waals surface area contributed by atoms with Gasteiger partial charge in [-0.25, -0.2) is 8.42 Å². The Kier molecular flexibility index (Phi) is 10.0. The lowest BCUT2D eigenvalue weighted by atomic mass is 10.1. The van der Waals surface area contributed by atoms with Crippen molar-refractivity contribution in [2.24, 2.45) is 0 Å². The van der Waals surface area contributed by atoms with E-state index in [-0.39, 0.29) is 18.5 Å². The zero-order valence-electron chi connectivity index (χ0n) is 20.9. The first-order chi connectivity index (χ1) is 16.2. The van der Waals surface area contributed by atoms with E-state index in [4.69, 9.17) is 23.2 Å². The van der Waals surface area contributed by atoms with Crippen LogP contribution in [0, 0.1) is 13.8 Å². The monoisotopic (exact) mass is 541 g/mol. The zero-order valence-corrected chi connectivity index (χ0v) is 23.3. The van der Waals surface area contributed by atoms with Crippen LogP contribution in [0.5, 0.6) is 0 Å². The number of nitrogens with one attached hydrogen (secondary N) is 1. The summed E-state index contributed by atoms with van der Waals surface area (Å²) < 4.78 is 26.4. The molecular formula is C25H33Cl2N3O4S. The standard InChI is InChI=1S/C25H33Cl2N3O4S/c1-7-18(4)28-25(32)19(5)29(14-20-8-9-22(26)23(27)13-20)24(31)15-30(35(6,33)34)21-11-16(2)10-17(3)12-21/h8-13,18-19H,7,14-15H2,1-6H3,(H,28,32)/t18-,19+/m1/s1. The van der Waals surface area contributed by atoms with Gasteiger partial charge in [0.15, 0.2) is 0 Å². The Balaban J connectivity index is 2.44. The van der Waals surface area contributed by atoms with Crippen LogP contribution in [0.3, 0.4) is 0 Å². The second-order valence-electron chi connectivity index (χ2n) is 8.88. The van der Waals surface area contributed by atoms with Crippen LogP contribution in [0.1, 0.15) is 43.9 Å². The van der Waals surface area contributed by atoms with Crippen molar-refractivity contribution in [1.82, 2.24) is 10.2 Å². The summed E-state index contributed by atoms with van der Waals surface area (Å²) in [5.41, 5.74) is 2.79. The molecule has 2 rings (SSSR count). The minimum Gasteiger partial charge on any atom is -0.352 e. The minimum atomic E-state index is -3.79. The SMILES string of the molecule is CC[C@@H](C)NC(=O)[C@H](C)N(Cc1ccc(Cl)c(Cl)c1)C(=O)CN(c1cc(C)cc(C)c1)S(C)(=O)=O. The van der Waals surface area contributed by atoms with Crippen LogP contribution >= 0.6 is 23.2 Å². The maximum Gasteiger partial charge on any atom is 0.244 e. The van der Waals surface area contributed by atoms with Gasteiger partial charge in [-0.2, -0.15) is 0 Å². The van der Waals surface area contributed by atoms with Crippen molar-refractivity contribution >= 4 is 50.7 Å². The number of sulfonamides is 1. The lowest BCUT2D eigenvalue weighted by Gasteiger charge is -2.32. The molecule has 7 nitrogen and oxygen atoms in total. The smallest absolute Gasteiger partial charge is 0.244 e. The van der Waals surface area contributed by atoms with Crippen molar-refractivity contribution in [3.8, 4) is 0 Å². The molecule has 0 aliphatic carbocycles. The number of hydrogen-bond donors (Lipinski definition) is 1. The summed E-state index contributed by atoms with van der Waals surface area (Å²) in [5.74, 6) is -0.850. The quantitative estimate of drug-likeness (QED) is 0.471. The Morgan fingerprint density at radius 1 is 1.00 bits per heavy atom. The molecule has 0 aliphatic rings. The minimum absolute atomic E-state index is 0.0509. The third-order valence-electron chi connectivity index (χ3n) is 5.68. The van der Waals surface area contributed by atoms with Gasteiger partial charge in [0.25, 0.3) is 0 Å². The number of halogens is 2. The van der Waals surface area contributed by atoms with E-state index < -0.39 is 28.5 Å². The van der Waals surface area contributed by atoms with E-state index in [1.54, 1.807) is 37.3 Å². The summed E-state index contributed by atoms with van der Waals surface area (Å²) >= 11 is 12.2. The number of rotatable bonds is 10. The van der Waals surface area contributed by atoms with E-state index in [0.717, 1.165) is 28.1 Å². The summed E-state index contributed by atoms with van der Waals surface area (Å²) in [6.07, 6.45) is 1.79. The van der Waals surface area contributed by atoms with Gasteiger partial charge in [0.05, 0.1) is 22.0 Å². The van der Waals surface area contributed by atoms with Crippen LogP contribution in [0.4, 0.5) is 5.69 Å². The fourth-order valence-electron chi connectivity index (χ4n) is 3.59. The number of aryl methyl sites for hydroxylation is 2. The van der Waals surface area contributed by atoms with E-state index in [2.05, 4.69) is 5.32 Å². The largest absolute Gasteiger partial charge is 0.352 e. The molecule has 0 spiro atoms. The highest BCUT2D eigenvalue weighted by molar-refractivity contribution is 7.92. The van der Waals surface area contributed by atoms with Gasteiger partial charge >= 0.3 is 0 Å². The van der Waals surface area contributed by atoms with E-state index in [1.165, 1.54) is 4.90 Å². The maximum absolute atomic E-state index is 13.6. The molecule has 35 heavy (non-hydrogen) atoms. The van der Waals surface area contributed by atoms with Crippen LogP contribution < -0.4 is 9.62 Å². The van der Waals surface area contributed by atoms with E-state index in [9.17, 15) is 18.0 Å². The van der Waals surface area contributed by atoms with Gasteiger partial charge in [-0.05, 0) is 75.1 Å². The molecule has 2 amide bonds. The van der Waals surface area contributed by atoms with Crippen LogP contribution in [0.15, 0.2) is 36.4 Å². The topological polar surface area (TPSA) is 86.8 Å². The average molecular weight is 543 g/mol. The van der Waals surface area contributed by atoms with Crippen molar-refractivity contribution in [3.05, 3.63) is 63.1 Å². The highest BCUT2D eigenvalue weighted by atomic mass is 35.5. The van der Waals surface area contributed by atoms with Crippen molar-refractivity contribution in [2.75, 3.05) is 17.1 Å². The van der Waals surface area contributed by atoms with Gasteiger partial charge in [-0.15, -0.1) is 0 Å². The predicted molar refractivity (Wildman–Crippen MR) is 142 cm³/mol.